The first-order valence-electron chi connectivity index (χ1n) is 8.67. The summed E-state index contributed by atoms with van der Waals surface area (Å²) in [5.41, 5.74) is 0.454. The molecular formula is C18H23N3O3S. The van der Waals surface area contributed by atoms with Crippen molar-refractivity contribution in [3.05, 3.63) is 29.8 Å². The van der Waals surface area contributed by atoms with E-state index in [1.54, 1.807) is 11.2 Å². The molecule has 25 heavy (non-hydrogen) atoms. The van der Waals surface area contributed by atoms with Crippen LogP contribution in [0.4, 0.5) is 0 Å². The molecule has 2 saturated heterocycles. The van der Waals surface area contributed by atoms with Gasteiger partial charge in [0.2, 0.25) is 15.9 Å². The van der Waals surface area contributed by atoms with Gasteiger partial charge in [0.15, 0.2) is 0 Å². The molecule has 0 aromatic heterocycles. The minimum Gasteiger partial charge on any atom is -0.343 e. The molecule has 0 aliphatic carbocycles. The maximum atomic E-state index is 12.8. The average Bonchev–Trinajstić information content (AvgIpc) is 3.13. The van der Waals surface area contributed by atoms with Crippen molar-refractivity contribution in [3.8, 4) is 6.07 Å². The Morgan fingerprint density at radius 3 is 2.24 bits per heavy atom. The van der Waals surface area contributed by atoms with Gasteiger partial charge in [-0.3, -0.25) is 4.79 Å². The van der Waals surface area contributed by atoms with Gasteiger partial charge in [-0.1, -0.05) is 0 Å². The molecule has 6 nitrogen and oxygen atoms in total. The van der Waals surface area contributed by atoms with E-state index in [1.165, 1.54) is 24.3 Å². The van der Waals surface area contributed by atoms with Crippen LogP contribution < -0.4 is 0 Å². The summed E-state index contributed by atoms with van der Waals surface area (Å²) in [4.78, 5) is 13.6. The van der Waals surface area contributed by atoms with Crippen molar-refractivity contribution in [2.45, 2.75) is 31.1 Å². The molecule has 2 aliphatic rings. The van der Waals surface area contributed by atoms with Crippen molar-refractivity contribution >= 4 is 15.9 Å². The van der Waals surface area contributed by atoms with Crippen LogP contribution in [0.25, 0.3) is 0 Å². The van der Waals surface area contributed by atoms with Crippen LogP contribution in [0, 0.1) is 23.2 Å². The Morgan fingerprint density at radius 1 is 1.08 bits per heavy atom. The lowest BCUT2D eigenvalue weighted by Crippen LogP contribution is -2.39. The lowest BCUT2D eigenvalue weighted by atomic mass is 9.84. The molecule has 0 saturated carbocycles. The third-order valence-corrected chi connectivity index (χ3v) is 7.34. The lowest BCUT2D eigenvalue weighted by molar-refractivity contribution is -0.130. The second-order valence-electron chi connectivity index (χ2n) is 6.89. The van der Waals surface area contributed by atoms with Gasteiger partial charge in [0, 0.05) is 33.1 Å². The Morgan fingerprint density at radius 2 is 1.68 bits per heavy atom. The van der Waals surface area contributed by atoms with Gasteiger partial charge >= 0.3 is 0 Å². The van der Waals surface area contributed by atoms with E-state index >= 15 is 0 Å². The molecule has 3 rings (SSSR count). The molecule has 2 heterocycles. The van der Waals surface area contributed by atoms with Crippen molar-refractivity contribution in [1.29, 1.82) is 5.26 Å². The number of amides is 1. The van der Waals surface area contributed by atoms with E-state index in [0.717, 1.165) is 32.4 Å². The van der Waals surface area contributed by atoms with Gasteiger partial charge in [-0.15, -0.1) is 0 Å². The van der Waals surface area contributed by atoms with Crippen LogP contribution >= 0.6 is 0 Å². The number of carbonyl (C=O) groups is 1. The Bertz CT molecular complexity index is 775. The SMILES string of the molecule is CC(=O)N1CCC(C2CCN(S(=O)(=O)c3ccc(C#N)cc3)C2)CC1. The summed E-state index contributed by atoms with van der Waals surface area (Å²) < 4.78 is 27.2. The topological polar surface area (TPSA) is 81.5 Å². The third-order valence-electron chi connectivity index (χ3n) is 5.46. The molecule has 0 radical (unpaired) electrons. The molecule has 1 atom stereocenters. The van der Waals surface area contributed by atoms with Gasteiger partial charge < -0.3 is 4.90 Å². The van der Waals surface area contributed by atoms with Crippen LogP contribution in [0.2, 0.25) is 0 Å². The number of carbonyl (C=O) groups excluding carboxylic acids is 1. The molecule has 0 bridgehead atoms. The van der Waals surface area contributed by atoms with Gasteiger partial charge in [-0.25, -0.2) is 8.42 Å². The number of nitrogens with zero attached hydrogens (tertiary/aromatic N) is 3. The van der Waals surface area contributed by atoms with Gasteiger partial charge in [0.05, 0.1) is 16.5 Å². The Hall–Kier alpha value is -1.91. The summed E-state index contributed by atoms with van der Waals surface area (Å²) in [7, 11) is -3.50. The van der Waals surface area contributed by atoms with E-state index in [0.29, 0.717) is 30.5 Å². The van der Waals surface area contributed by atoms with Crippen molar-refractivity contribution in [1.82, 2.24) is 9.21 Å². The number of benzene rings is 1. The van der Waals surface area contributed by atoms with Gasteiger partial charge in [-0.2, -0.15) is 9.57 Å². The van der Waals surface area contributed by atoms with Gasteiger partial charge in [0.1, 0.15) is 0 Å². The van der Waals surface area contributed by atoms with Crippen molar-refractivity contribution in [2.24, 2.45) is 11.8 Å². The Labute approximate surface area is 149 Å². The lowest BCUT2D eigenvalue weighted by Gasteiger charge is -2.34. The molecule has 2 fully saturated rings. The van der Waals surface area contributed by atoms with E-state index in [9.17, 15) is 13.2 Å². The number of hydrogen-bond donors (Lipinski definition) is 0. The second-order valence-corrected chi connectivity index (χ2v) is 8.83. The second kappa shape index (κ2) is 7.14. The number of sulfonamides is 1. The maximum Gasteiger partial charge on any atom is 0.243 e. The van der Waals surface area contributed by atoms with E-state index in [1.807, 2.05) is 11.0 Å². The summed E-state index contributed by atoms with van der Waals surface area (Å²) in [6.07, 6.45) is 2.78. The van der Waals surface area contributed by atoms with E-state index in [-0.39, 0.29) is 10.8 Å². The minimum absolute atomic E-state index is 0.120. The fourth-order valence-corrected chi connectivity index (χ4v) is 5.40. The van der Waals surface area contributed by atoms with E-state index < -0.39 is 10.0 Å². The van der Waals surface area contributed by atoms with Crippen LogP contribution in [-0.2, 0) is 14.8 Å². The molecular weight excluding hydrogens is 338 g/mol. The Kier molecular flexibility index (Phi) is 5.11. The highest BCUT2D eigenvalue weighted by molar-refractivity contribution is 7.89. The molecule has 1 aromatic carbocycles. The first-order valence-corrected chi connectivity index (χ1v) is 10.1. The fraction of sp³-hybridized carbons (Fsp3) is 0.556. The number of likely N-dealkylation sites (tertiary alicyclic amines) is 1. The van der Waals surface area contributed by atoms with Crippen LogP contribution in [0.1, 0.15) is 31.7 Å². The van der Waals surface area contributed by atoms with E-state index in [4.69, 9.17) is 5.26 Å². The summed E-state index contributed by atoms with van der Waals surface area (Å²) in [6.45, 7) is 4.24. The first-order chi connectivity index (χ1) is 11.9. The average molecular weight is 361 g/mol. The molecule has 7 heteroatoms. The third kappa shape index (κ3) is 3.70. The zero-order chi connectivity index (χ0) is 18.0. The first kappa shape index (κ1) is 17.9. The quantitative estimate of drug-likeness (QED) is 0.822. The zero-order valence-electron chi connectivity index (χ0n) is 14.4. The van der Waals surface area contributed by atoms with Crippen molar-refractivity contribution in [2.75, 3.05) is 26.2 Å². The number of rotatable bonds is 3. The number of hydrogen-bond acceptors (Lipinski definition) is 4. The Balaban J connectivity index is 1.64. The predicted octanol–water partition coefficient (Wildman–Crippen LogP) is 1.83. The highest BCUT2D eigenvalue weighted by Gasteiger charge is 2.37. The number of piperidine rings is 1. The molecule has 1 unspecified atom stereocenters. The van der Waals surface area contributed by atoms with Crippen LogP contribution in [0.3, 0.4) is 0 Å². The van der Waals surface area contributed by atoms with Gasteiger partial charge in [-0.05, 0) is 55.4 Å². The monoisotopic (exact) mass is 361 g/mol. The summed E-state index contributed by atoms with van der Waals surface area (Å²) in [5, 5.41) is 8.84. The van der Waals surface area contributed by atoms with E-state index in [2.05, 4.69) is 0 Å². The predicted molar refractivity (Wildman–Crippen MR) is 93.0 cm³/mol. The molecule has 134 valence electrons. The standard InChI is InChI=1S/C18H23N3O3S/c1-14(22)20-9-6-16(7-10-20)17-8-11-21(13-17)25(23,24)18-4-2-15(12-19)3-5-18/h2-5,16-17H,6-11,13H2,1H3. The molecule has 0 N–H and O–H groups in total. The summed E-state index contributed by atoms with van der Waals surface area (Å²) in [6, 6.07) is 8.09. The molecule has 1 aromatic rings. The summed E-state index contributed by atoms with van der Waals surface area (Å²) >= 11 is 0. The van der Waals surface area contributed by atoms with Crippen LogP contribution in [0.5, 0.6) is 0 Å². The minimum atomic E-state index is -3.50. The highest BCUT2D eigenvalue weighted by atomic mass is 32.2. The van der Waals surface area contributed by atoms with Gasteiger partial charge in [0.25, 0.3) is 0 Å². The van der Waals surface area contributed by atoms with Crippen LogP contribution in [0.15, 0.2) is 29.2 Å². The largest absolute Gasteiger partial charge is 0.343 e. The van der Waals surface area contributed by atoms with Crippen molar-refractivity contribution < 1.29 is 13.2 Å². The fourth-order valence-electron chi connectivity index (χ4n) is 3.89. The molecule has 2 aliphatic heterocycles. The summed E-state index contributed by atoms with van der Waals surface area (Å²) in [5.74, 6) is 0.967. The number of nitriles is 1. The molecule has 1 amide bonds. The smallest absolute Gasteiger partial charge is 0.243 e. The van der Waals surface area contributed by atoms with Crippen molar-refractivity contribution in [3.63, 3.8) is 0 Å². The molecule has 0 spiro atoms. The highest BCUT2D eigenvalue weighted by Crippen LogP contribution is 2.34. The van der Waals surface area contributed by atoms with Crippen LogP contribution in [-0.4, -0.2) is 49.7 Å². The zero-order valence-corrected chi connectivity index (χ0v) is 15.2. The normalized spacial score (nSPS) is 22.7. The maximum absolute atomic E-state index is 12.8.